The van der Waals surface area contributed by atoms with E-state index in [1.807, 2.05) is 0 Å². The Morgan fingerprint density at radius 1 is 0.767 bits per heavy atom. The van der Waals surface area contributed by atoms with Gasteiger partial charge in [0.2, 0.25) is 19.7 Å². The van der Waals surface area contributed by atoms with Crippen LogP contribution in [0.5, 0.6) is 0 Å². The van der Waals surface area contributed by atoms with Crippen LogP contribution in [0.25, 0.3) is 12.2 Å². The number of fused-ring (bicyclic) bond motifs is 2. The summed E-state index contributed by atoms with van der Waals surface area (Å²) in [6, 6.07) is 2.23. The van der Waals surface area contributed by atoms with Crippen molar-refractivity contribution in [2.24, 2.45) is 0 Å². The molecule has 0 bridgehead atoms. The van der Waals surface area contributed by atoms with Gasteiger partial charge in [-0.1, -0.05) is 0 Å². The van der Waals surface area contributed by atoms with E-state index in [2.05, 4.69) is 9.97 Å². The third-order valence-corrected chi connectivity index (χ3v) is 8.36. The summed E-state index contributed by atoms with van der Waals surface area (Å²) >= 11 is 0. The second-order valence-corrected chi connectivity index (χ2v) is 10.2. The first kappa shape index (κ1) is 20.2. The zero-order valence-corrected chi connectivity index (χ0v) is 17.4. The van der Waals surface area contributed by atoms with Gasteiger partial charge in [-0.25, -0.2) is 26.4 Å². The van der Waals surface area contributed by atoms with Gasteiger partial charge < -0.3 is 19.4 Å². The molecule has 0 aliphatic carbocycles. The van der Waals surface area contributed by atoms with Gasteiger partial charge in [-0.2, -0.15) is 0 Å². The van der Waals surface area contributed by atoms with Gasteiger partial charge in [-0.05, 0) is 38.1 Å². The Hall–Kier alpha value is -3.12. The van der Waals surface area contributed by atoms with Gasteiger partial charge in [0.05, 0.1) is 44.2 Å². The molecule has 2 aliphatic heterocycles. The molecule has 2 aromatic rings. The minimum atomic E-state index is -4.19. The lowest BCUT2D eigenvalue weighted by Gasteiger charge is -2.05. The first-order valence-corrected chi connectivity index (χ1v) is 11.8. The Kier molecular flexibility index (Phi) is 4.51. The van der Waals surface area contributed by atoms with E-state index in [4.69, 9.17) is 9.47 Å². The smallest absolute Gasteiger partial charge is 0.354 e. The molecule has 0 spiro atoms. The second kappa shape index (κ2) is 6.71. The van der Waals surface area contributed by atoms with Crippen LogP contribution in [0.3, 0.4) is 0 Å². The average molecular weight is 452 g/mol. The van der Waals surface area contributed by atoms with Crippen molar-refractivity contribution in [1.82, 2.24) is 9.97 Å². The largest absolute Gasteiger partial charge is 0.461 e. The molecule has 12 heteroatoms. The number of H-pyrrole nitrogens is 2. The van der Waals surface area contributed by atoms with Crippen LogP contribution in [0.15, 0.2) is 31.7 Å². The fourth-order valence-corrected chi connectivity index (χ4v) is 6.93. The number of rotatable bonds is 5. The van der Waals surface area contributed by atoms with Crippen molar-refractivity contribution in [3.8, 4) is 0 Å². The third kappa shape index (κ3) is 2.82. The Balaban J connectivity index is 1.76. The highest BCUT2D eigenvalue weighted by Gasteiger charge is 2.43. The van der Waals surface area contributed by atoms with Crippen molar-refractivity contribution < 1.29 is 35.9 Å². The van der Waals surface area contributed by atoms with Gasteiger partial charge >= 0.3 is 11.9 Å². The lowest BCUT2D eigenvalue weighted by Crippen LogP contribution is -2.10. The van der Waals surface area contributed by atoms with E-state index in [0.717, 1.165) is 24.3 Å². The van der Waals surface area contributed by atoms with Crippen molar-refractivity contribution in [3.63, 3.8) is 0 Å². The van der Waals surface area contributed by atoms with Crippen molar-refractivity contribution in [2.45, 2.75) is 23.6 Å². The summed E-state index contributed by atoms with van der Waals surface area (Å²) in [6.45, 7) is 3.46. The van der Waals surface area contributed by atoms with Crippen LogP contribution in [-0.4, -0.2) is 52.0 Å². The number of sulfone groups is 2. The summed E-state index contributed by atoms with van der Waals surface area (Å²) < 4.78 is 61.5. The van der Waals surface area contributed by atoms with E-state index in [1.54, 1.807) is 13.8 Å². The van der Waals surface area contributed by atoms with Crippen LogP contribution in [-0.2, 0) is 29.1 Å². The van der Waals surface area contributed by atoms with Crippen LogP contribution in [0.4, 0.5) is 0 Å². The van der Waals surface area contributed by atoms with Gasteiger partial charge in [-0.3, -0.25) is 0 Å². The van der Waals surface area contributed by atoms with Crippen LogP contribution >= 0.6 is 0 Å². The standard InChI is InChI=1S/C18H16N2O8S2/c1-3-27-17(21)11-7-13-9(19-11)5-15(29(13,23)24)16-6-10-14(30(16,25)26)8-12(20-10)18(22)28-4-2/h5-8,19-20H,3-4H2,1-2H3. The Bertz CT molecular complexity index is 1260. The van der Waals surface area contributed by atoms with E-state index in [9.17, 15) is 26.4 Å². The molecule has 10 nitrogen and oxygen atoms in total. The molecule has 0 fully saturated rings. The highest BCUT2D eigenvalue weighted by Crippen LogP contribution is 2.44. The Morgan fingerprint density at radius 2 is 1.13 bits per heavy atom. The van der Waals surface area contributed by atoms with Gasteiger partial charge in [-0.15, -0.1) is 0 Å². The molecule has 0 unspecified atom stereocenters. The van der Waals surface area contributed by atoms with Crippen molar-refractivity contribution in [2.75, 3.05) is 13.2 Å². The molecule has 158 valence electrons. The molecule has 0 saturated carbocycles. The molecule has 2 aromatic heterocycles. The van der Waals surface area contributed by atoms with Crippen molar-refractivity contribution in [1.29, 1.82) is 0 Å². The Labute approximate surface area is 171 Å². The maximum absolute atomic E-state index is 13.0. The minimum Gasteiger partial charge on any atom is -0.461 e. The normalized spacial score (nSPS) is 17.7. The fraction of sp³-hybridized carbons (Fsp3) is 0.222. The number of hydrogen-bond acceptors (Lipinski definition) is 8. The number of aromatic amines is 2. The second-order valence-electron chi connectivity index (χ2n) is 6.39. The lowest BCUT2D eigenvalue weighted by molar-refractivity contribution is 0.0510. The number of ether oxygens (including phenoxy) is 2. The molecule has 0 amide bonds. The molecule has 2 N–H and O–H groups in total. The molecule has 4 rings (SSSR count). The van der Waals surface area contributed by atoms with Gasteiger partial charge in [0.25, 0.3) is 0 Å². The van der Waals surface area contributed by atoms with Crippen LogP contribution in [0.1, 0.15) is 46.2 Å². The van der Waals surface area contributed by atoms with Gasteiger partial charge in [0.1, 0.15) is 11.4 Å². The number of carbonyl (C=O) groups is 2. The van der Waals surface area contributed by atoms with Crippen molar-refractivity contribution in [3.05, 3.63) is 44.7 Å². The number of esters is 2. The molecule has 0 aromatic carbocycles. The highest BCUT2D eigenvalue weighted by molar-refractivity contribution is 8.01. The summed E-state index contributed by atoms with van der Waals surface area (Å²) in [4.78, 5) is 27.7. The summed E-state index contributed by atoms with van der Waals surface area (Å²) in [5, 5.41) is 0. The SMILES string of the molecule is CCOC(=O)c1cc2c([nH]1)C=C(C1=Cc3[nH]c(C(=O)OCC)cc3S1(=O)=O)S2(=O)=O. The topological polar surface area (TPSA) is 152 Å². The number of aromatic nitrogens is 2. The summed E-state index contributed by atoms with van der Waals surface area (Å²) in [5.74, 6) is -1.43. The van der Waals surface area contributed by atoms with E-state index in [-0.39, 0.29) is 45.8 Å². The third-order valence-electron chi connectivity index (χ3n) is 4.56. The first-order valence-electron chi connectivity index (χ1n) is 8.85. The quantitative estimate of drug-likeness (QED) is 0.650. The summed E-state index contributed by atoms with van der Waals surface area (Å²) in [6.07, 6.45) is 2.32. The van der Waals surface area contributed by atoms with Crippen LogP contribution in [0.2, 0.25) is 0 Å². The molecule has 0 saturated heterocycles. The lowest BCUT2D eigenvalue weighted by atomic mass is 10.3. The summed E-state index contributed by atoms with van der Waals surface area (Å²) in [5.41, 5.74) is 0.0837. The number of carbonyl (C=O) groups excluding carboxylic acids is 2. The maximum atomic E-state index is 13.0. The van der Waals surface area contributed by atoms with Crippen LogP contribution < -0.4 is 0 Å². The van der Waals surface area contributed by atoms with Gasteiger partial charge in [0.15, 0.2) is 0 Å². The molecule has 2 aliphatic rings. The molecule has 4 heterocycles. The van der Waals surface area contributed by atoms with E-state index in [0.29, 0.717) is 0 Å². The Morgan fingerprint density at radius 3 is 1.43 bits per heavy atom. The van der Waals surface area contributed by atoms with E-state index < -0.39 is 41.4 Å². The summed E-state index contributed by atoms with van der Waals surface area (Å²) in [7, 11) is -8.38. The molecular weight excluding hydrogens is 436 g/mol. The van der Waals surface area contributed by atoms with Crippen molar-refractivity contribution >= 4 is 43.8 Å². The maximum Gasteiger partial charge on any atom is 0.354 e. The predicted octanol–water partition coefficient (Wildman–Crippen LogP) is 1.65. The van der Waals surface area contributed by atoms with Crippen LogP contribution in [0, 0.1) is 0 Å². The predicted molar refractivity (Wildman–Crippen MR) is 104 cm³/mol. The molecule has 0 radical (unpaired) electrons. The van der Waals surface area contributed by atoms with E-state index >= 15 is 0 Å². The first-order chi connectivity index (χ1) is 14.1. The zero-order valence-electron chi connectivity index (χ0n) is 15.8. The fourth-order valence-electron chi connectivity index (χ4n) is 3.26. The number of nitrogens with one attached hydrogen (secondary N) is 2. The zero-order chi connectivity index (χ0) is 21.8. The molecule has 0 atom stereocenters. The average Bonchev–Trinajstić information content (AvgIpc) is 3.38. The molecular formula is C18H16N2O8S2. The highest BCUT2D eigenvalue weighted by atomic mass is 32.2. The minimum absolute atomic E-state index is 0.0479. The van der Waals surface area contributed by atoms with Gasteiger partial charge in [0, 0.05) is 0 Å². The van der Waals surface area contributed by atoms with E-state index in [1.165, 1.54) is 0 Å². The molecule has 30 heavy (non-hydrogen) atoms. The monoisotopic (exact) mass is 452 g/mol. The number of hydrogen-bond donors (Lipinski definition) is 2.